The van der Waals surface area contributed by atoms with Gasteiger partial charge in [-0.15, -0.1) is 0 Å². The predicted molar refractivity (Wildman–Crippen MR) is 62.7 cm³/mol. The van der Waals surface area contributed by atoms with Crippen LogP contribution in [0.2, 0.25) is 0 Å². The molecule has 0 saturated carbocycles. The molecule has 0 fully saturated rings. The smallest absolute Gasteiger partial charge is 0.339 e. The number of benzene rings is 1. The van der Waals surface area contributed by atoms with Gasteiger partial charge < -0.3 is 9.84 Å². The molecule has 1 N–H and O–H groups in total. The summed E-state index contributed by atoms with van der Waals surface area (Å²) >= 11 is 16.2. The molecule has 1 aromatic rings. The van der Waals surface area contributed by atoms with Crippen molar-refractivity contribution in [3.8, 4) is 0 Å². The fraction of sp³-hybridized carbons (Fsp3) is 0.300. The van der Waals surface area contributed by atoms with Crippen LogP contribution in [0.3, 0.4) is 0 Å². The third-order valence-corrected chi connectivity index (χ3v) is 2.04. The number of rotatable bonds is 3. The Balaban J connectivity index is 2.55. The highest BCUT2D eigenvalue weighted by molar-refractivity contribution is 6.67. The lowest BCUT2D eigenvalue weighted by Crippen LogP contribution is -2.21. The highest BCUT2D eigenvalue weighted by Crippen LogP contribution is 2.26. The minimum absolute atomic E-state index is 0.402. The van der Waals surface area contributed by atoms with Gasteiger partial charge in [0.2, 0.25) is 3.79 Å². The zero-order chi connectivity index (χ0) is 12.2. The Morgan fingerprint density at radius 3 is 2.38 bits per heavy atom. The van der Waals surface area contributed by atoms with E-state index in [0.29, 0.717) is 5.56 Å². The number of aliphatic hydroxyl groups excluding tert-OH is 1. The Morgan fingerprint density at radius 2 is 1.88 bits per heavy atom. The number of aliphatic hydroxyl groups is 1. The van der Waals surface area contributed by atoms with Crippen LogP contribution in [0.15, 0.2) is 30.3 Å². The van der Waals surface area contributed by atoms with Crippen molar-refractivity contribution in [3.05, 3.63) is 35.9 Å². The second kappa shape index (κ2) is 5.73. The van der Waals surface area contributed by atoms with E-state index in [4.69, 9.17) is 34.8 Å². The van der Waals surface area contributed by atoms with Crippen LogP contribution in [-0.2, 0) is 9.53 Å². The lowest BCUT2D eigenvalue weighted by Gasteiger charge is -2.14. The minimum Gasteiger partial charge on any atom is -0.459 e. The molecule has 1 rings (SSSR count). The molecule has 3 nitrogen and oxygen atoms in total. The molecule has 16 heavy (non-hydrogen) atoms. The van der Waals surface area contributed by atoms with E-state index >= 15 is 0 Å². The molecule has 0 aromatic heterocycles. The van der Waals surface area contributed by atoms with Crippen molar-refractivity contribution in [2.75, 3.05) is 6.61 Å². The van der Waals surface area contributed by atoms with E-state index in [0.717, 1.165) is 0 Å². The first kappa shape index (κ1) is 13.6. The Morgan fingerprint density at radius 1 is 1.31 bits per heavy atom. The SMILES string of the molecule is O=C(OCC(Cl)(Cl)Cl)C(O)c1ccccc1. The first-order valence-electron chi connectivity index (χ1n) is 4.36. The summed E-state index contributed by atoms with van der Waals surface area (Å²) in [4.78, 5) is 11.3. The summed E-state index contributed by atoms with van der Waals surface area (Å²) in [7, 11) is 0. The monoisotopic (exact) mass is 282 g/mol. The van der Waals surface area contributed by atoms with Crippen LogP contribution in [0.4, 0.5) is 0 Å². The third-order valence-electron chi connectivity index (χ3n) is 1.72. The Kier molecular flexibility index (Phi) is 4.87. The van der Waals surface area contributed by atoms with E-state index in [9.17, 15) is 9.90 Å². The molecule has 0 aliphatic heterocycles. The summed E-state index contributed by atoms with van der Waals surface area (Å²) in [5.41, 5.74) is 0.428. The van der Waals surface area contributed by atoms with Gasteiger partial charge in [-0.25, -0.2) is 4.79 Å². The number of halogens is 3. The van der Waals surface area contributed by atoms with E-state index in [1.165, 1.54) is 0 Å². The molecule has 1 atom stereocenters. The largest absolute Gasteiger partial charge is 0.459 e. The maximum atomic E-state index is 11.3. The van der Waals surface area contributed by atoms with E-state index in [2.05, 4.69) is 4.74 Å². The van der Waals surface area contributed by atoms with Gasteiger partial charge in [-0.2, -0.15) is 0 Å². The van der Waals surface area contributed by atoms with Gasteiger partial charge in [-0.05, 0) is 5.56 Å². The summed E-state index contributed by atoms with van der Waals surface area (Å²) in [6.07, 6.45) is -1.37. The van der Waals surface area contributed by atoms with Gasteiger partial charge in [0.15, 0.2) is 6.10 Å². The predicted octanol–water partition coefficient (Wildman–Crippen LogP) is 2.63. The molecule has 6 heteroatoms. The molecule has 0 radical (unpaired) electrons. The zero-order valence-corrected chi connectivity index (χ0v) is 10.3. The molecule has 0 spiro atoms. The summed E-state index contributed by atoms with van der Waals surface area (Å²) in [5.74, 6) is -0.850. The molecule has 88 valence electrons. The number of alkyl halides is 3. The fourth-order valence-electron chi connectivity index (χ4n) is 1.00. The first-order chi connectivity index (χ1) is 7.40. The maximum Gasteiger partial charge on any atom is 0.339 e. The van der Waals surface area contributed by atoms with Crippen molar-refractivity contribution in [3.63, 3.8) is 0 Å². The van der Waals surface area contributed by atoms with Crippen molar-refractivity contribution in [2.45, 2.75) is 9.90 Å². The zero-order valence-electron chi connectivity index (χ0n) is 8.07. The number of hydrogen-bond acceptors (Lipinski definition) is 3. The van der Waals surface area contributed by atoms with E-state index in [-0.39, 0.29) is 0 Å². The van der Waals surface area contributed by atoms with Crippen LogP contribution in [0.1, 0.15) is 11.7 Å². The molecule has 1 aromatic carbocycles. The Bertz CT molecular complexity index is 348. The Hall–Kier alpha value is -0.480. The van der Waals surface area contributed by atoms with E-state index in [1.807, 2.05) is 0 Å². The third kappa shape index (κ3) is 4.58. The van der Waals surface area contributed by atoms with Gasteiger partial charge in [0.1, 0.15) is 6.61 Å². The number of hydrogen-bond donors (Lipinski definition) is 1. The van der Waals surface area contributed by atoms with Crippen molar-refractivity contribution in [1.29, 1.82) is 0 Å². The second-order valence-corrected chi connectivity index (χ2v) is 5.55. The number of esters is 1. The molecule has 0 aliphatic carbocycles. The van der Waals surface area contributed by atoms with E-state index in [1.54, 1.807) is 30.3 Å². The summed E-state index contributed by atoms with van der Waals surface area (Å²) in [6.45, 7) is -0.402. The van der Waals surface area contributed by atoms with Gasteiger partial charge in [0.25, 0.3) is 0 Å². The van der Waals surface area contributed by atoms with Crippen LogP contribution in [-0.4, -0.2) is 21.5 Å². The standard InChI is InChI=1S/C10H9Cl3O3/c11-10(12,13)6-16-9(15)8(14)7-4-2-1-3-5-7/h1-5,8,14H,6H2. The maximum absolute atomic E-state index is 11.3. The molecule has 0 aliphatic rings. The van der Waals surface area contributed by atoms with Crippen molar-refractivity contribution in [2.24, 2.45) is 0 Å². The topological polar surface area (TPSA) is 46.5 Å². The van der Waals surface area contributed by atoms with Crippen molar-refractivity contribution >= 4 is 40.8 Å². The van der Waals surface area contributed by atoms with E-state index < -0.39 is 22.5 Å². The quantitative estimate of drug-likeness (QED) is 0.685. The number of carbonyl (C=O) groups is 1. The molecule has 0 bridgehead atoms. The summed E-state index contributed by atoms with van der Waals surface area (Å²) in [6, 6.07) is 8.35. The Labute approximate surface area is 108 Å². The van der Waals surface area contributed by atoms with Gasteiger partial charge in [-0.3, -0.25) is 0 Å². The van der Waals surface area contributed by atoms with Gasteiger partial charge in [0, 0.05) is 0 Å². The molecule has 0 saturated heterocycles. The van der Waals surface area contributed by atoms with Gasteiger partial charge in [-0.1, -0.05) is 65.1 Å². The summed E-state index contributed by atoms with van der Waals surface area (Å²) in [5, 5.41) is 9.58. The van der Waals surface area contributed by atoms with Crippen LogP contribution in [0, 0.1) is 0 Å². The molecule has 0 heterocycles. The van der Waals surface area contributed by atoms with Gasteiger partial charge in [0.05, 0.1) is 0 Å². The average Bonchev–Trinajstić information content (AvgIpc) is 2.25. The van der Waals surface area contributed by atoms with Crippen LogP contribution in [0.25, 0.3) is 0 Å². The van der Waals surface area contributed by atoms with Crippen LogP contribution < -0.4 is 0 Å². The second-order valence-electron chi connectivity index (χ2n) is 3.04. The normalized spacial score (nSPS) is 13.2. The fourth-order valence-corrected chi connectivity index (χ4v) is 1.17. The lowest BCUT2D eigenvalue weighted by atomic mass is 10.1. The highest BCUT2D eigenvalue weighted by atomic mass is 35.6. The minimum atomic E-state index is -1.67. The number of ether oxygens (including phenoxy) is 1. The average molecular weight is 284 g/mol. The molecular formula is C10H9Cl3O3. The van der Waals surface area contributed by atoms with Crippen LogP contribution in [0.5, 0.6) is 0 Å². The first-order valence-corrected chi connectivity index (χ1v) is 5.50. The lowest BCUT2D eigenvalue weighted by molar-refractivity contribution is -0.153. The molecule has 0 amide bonds. The van der Waals surface area contributed by atoms with Crippen molar-refractivity contribution in [1.82, 2.24) is 0 Å². The van der Waals surface area contributed by atoms with Crippen LogP contribution >= 0.6 is 34.8 Å². The van der Waals surface area contributed by atoms with Crippen molar-refractivity contribution < 1.29 is 14.6 Å². The number of carbonyl (C=O) groups excluding carboxylic acids is 1. The summed E-state index contributed by atoms with van der Waals surface area (Å²) < 4.78 is 2.96. The van der Waals surface area contributed by atoms with Gasteiger partial charge >= 0.3 is 5.97 Å². The highest BCUT2D eigenvalue weighted by Gasteiger charge is 2.25. The molecular weight excluding hydrogens is 274 g/mol. The molecule has 1 unspecified atom stereocenters.